The van der Waals surface area contributed by atoms with E-state index >= 15 is 0 Å². The lowest BCUT2D eigenvalue weighted by molar-refractivity contribution is -0.111. The van der Waals surface area contributed by atoms with Crippen LogP contribution in [0.15, 0.2) is 24.3 Å². The highest BCUT2D eigenvalue weighted by atomic mass is 32.1. The Kier molecular flexibility index (Phi) is 7.73. The number of nitrogens with one attached hydrogen (secondary N) is 1. The van der Waals surface area contributed by atoms with Crippen LogP contribution in [-0.2, 0) is 22.5 Å². The third-order valence-electron chi connectivity index (χ3n) is 4.86. The van der Waals surface area contributed by atoms with E-state index in [1.165, 1.54) is 17.4 Å². The van der Waals surface area contributed by atoms with Crippen molar-refractivity contribution in [1.29, 1.82) is 5.26 Å². The molecule has 0 unspecified atom stereocenters. The van der Waals surface area contributed by atoms with Crippen LogP contribution < -0.4 is 14.8 Å². The number of methoxy groups -OCH3 is 1. The van der Waals surface area contributed by atoms with Crippen LogP contribution in [0.2, 0.25) is 0 Å². The van der Waals surface area contributed by atoms with E-state index in [0.29, 0.717) is 60.4 Å². The molecule has 9 heteroatoms. The van der Waals surface area contributed by atoms with Gasteiger partial charge >= 0.3 is 6.09 Å². The fourth-order valence-electron chi connectivity index (χ4n) is 3.42. The minimum atomic E-state index is -0.373. The van der Waals surface area contributed by atoms with Gasteiger partial charge in [-0.15, -0.1) is 11.3 Å². The fraction of sp³-hybridized carbons (Fsp3) is 0.348. The number of nitrogens with zero attached hydrogens (tertiary/aromatic N) is 2. The number of benzene rings is 1. The van der Waals surface area contributed by atoms with Crippen molar-refractivity contribution in [3.8, 4) is 17.6 Å². The van der Waals surface area contributed by atoms with E-state index in [1.807, 2.05) is 19.1 Å². The van der Waals surface area contributed by atoms with E-state index in [-0.39, 0.29) is 12.0 Å². The van der Waals surface area contributed by atoms with Crippen molar-refractivity contribution in [2.75, 3.05) is 32.2 Å². The molecule has 1 aliphatic rings. The van der Waals surface area contributed by atoms with Crippen LogP contribution in [0.4, 0.5) is 9.80 Å². The molecule has 0 fully saturated rings. The van der Waals surface area contributed by atoms with E-state index in [1.54, 1.807) is 31.1 Å². The summed E-state index contributed by atoms with van der Waals surface area (Å²) in [4.78, 5) is 27.1. The van der Waals surface area contributed by atoms with Gasteiger partial charge in [0.25, 0.3) is 0 Å². The largest absolute Gasteiger partial charge is 0.493 e. The zero-order valence-electron chi connectivity index (χ0n) is 18.3. The summed E-state index contributed by atoms with van der Waals surface area (Å²) in [5, 5.41) is 12.9. The van der Waals surface area contributed by atoms with Gasteiger partial charge in [0, 0.05) is 23.1 Å². The standard InChI is InChI=1S/C23H25N3O5S/c1-4-30-21-15(7-6-8-18(21)29-3)9-10-20(27)25-22-17(13-24)16-11-12-26(14-19(16)32-22)23(28)31-5-2/h6-10H,4-5,11-12,14H2,1-3H3,(H,25,27)/b10-9+. The molecule has 1 aliphatic heterocycles. The predicted octanol–water partition coefficient (Wildman–Crippen LogP) is 4.19. The van der Waals surface area contributed by atoms with Gasteiger partial charge < -0.3 is 24.4 Å². The second kappa shape index (κ2) is 10.7. The SMILES string of the molecule is CCOC(=O)N1CCc2c(sc(NC(=O)/C=C/c3cccc(OC)c3OCC)c2C#N)C1. The molecule has 2 amide bonds. The van der Waals surface area contributed by atoms with Gasteiger partial charge in [-0.2, -0.15) is 5.26 Å². The lowest BCUT2D eigenvalue weighted by Crippen LogP contribution is -2.35. The maximum Gasteiger partial charge on any atom is 0.410 e. The lowest BCUT2D eigenvalue weighted by atomic mass is 10.0. The number of carbonyl (C=O) groups is 2. The average molecular weight is 456 g/mol. The first-order valence-electron chi connectivity index (χ1n) is 10.3. The number of para-hydroxylation sites is 1. The van der Waals surface area contributed by atoms with Gasteiger partial charge in [-0.1, -0.05) is 12.1 Å². The highest BCUT2D eigenvalue weighted by Gasteiger charge is 2.28. The monoisotopic (exact) mass is 455 g/mol. The Hall–Kier alpha value is -3.51. The average Bonchev–Trinajstić information content (AvgIpc) is 3.14. The van der Waals surface area contributed by atoms with Crippen molar-refractivity contribution in [2.45, 2.75) is 26.8 Å². The van der Waals surface area contributed by atoms with E-state index < -0.39 is 0 Å². The van der Waals surface area contributed by atoms with Crippen LogP contribution in [0.3, 0.4) is 0 Å². The first-order chi connectivity index (χ1) is 15.5. The molecule has 0 aliphatic carbocycles. The first kappa shape index (κ1) is 23.2. The molecule has 0 saturated heterocycles. The van der Waals surface area contributed by atoms with Crippen molar-refractivity contribution in [3.05, 3.63) is 45.8 Å². The summed E-state index contributed by atoms with van der Waals surface area (Å²) in [6.45, 7) is 5.24. The summed E-state index contributed by atoms with van der Waals surface area (Å²) in [5.41, 5.74) is 2.04. The number of rotatable bonds is 7. The van der Waals surface area contributed by atoms with E-state index in [9.17, 15) is 14.9 Å². The van der Waals surface area contributed by atoms with Gasteiger partial charge in [0.1, 0.15) is 11.1 Å². The Morgan fingerprint density at radius 1 is 1.31 bits per heavy atom. The maximum absolute atomic E-state index is 12.6. The molecular weight excluding hydrogens is 430 g/mol. The van der Waals surface area contributed by atoms with Crippen LogP contribution in [0, 0.1) is 11.3 Å². The number of fused-ring (bicyclic) bond motifs is 1. The third-order valence-corrected chi connectivity index (χ3v) is 6.00. The lowest BCUT2D eigenvalue weighted by Gasteiger charge is -2.25. The number of ether oxygens (including phenoxy) is 3. The summed E-state index contributed by atoms with van der Waals surface area (Å²) in [7, 11) is 1.56. The molecule has 0 bridgehead atoms. The second-order valence-electron chi connectivity index (χ2n) is 6.82. The van der Waals surface area contributed by atoms with Gasteiger partial charge in [-0.05, 0) is 38.0 Å². The second-order valence-corrected chi connectivity index (χ2v) is 7.93. The topological polar surface area (TPSA) is 101 Å². The van der Waals surface area contributed by atoms with Crippen LogP contribution in [-0.4, -0.2) is 43.8 Å². The summed E-state index contributed by atoms with van der Waals surface area (Å²) in [5.74, 6) is 0.774. The van der Waals surface area contributed by atoms with Crippen LogP contribution in [0.1, 0.15) is 35.4 Å². The fourth-order valence-corrected chi connectivity index (χ4v) is 4.64. The number of hydrogen-bond donors (Lipinski definition) is 1. The van der Waals surface area contributed by atoms with Gasteiger partial charge in [0.15, 0.2) is 11.5 Å². The smallest absolute Gasteiger partial charge is 0.410 e. The van der Waals surface area contributed by atoms with Gasteiger partial charge in [-0.25, -0.2) is 4.79 Å². The minimum absolute atomic E-state index is 0.308. The van der Waals surface area contributed by atoms with Crippen LogP contribution >= 0.6 is 11.3 Å². The van der Waals surface area contributed by atoms with E-state index in [2.05, 4.69) is 11.4 Å². The number of amides is 2. The normalized spacial score (nSPS) is 12.8. The minimum Gasteiger partial charge on any atom is -0.493 e. The van der Waals surface area contributed by atoms with Crippen molar-refractivity contribution >= 4 is 34.4 Å². The Morgan fingerprint density at radius 3 is 2.81 bits per heavy atom. The summed E-state index contributed by atoms with van der Waals surface area (Å²) < 4.78 is 16.1. The van der Waals surface area contributed by atoms with Crippen molar-refractivity contribution in [1.82, 2.24) is 4.90 Å². The quantitative estimate of drug-likeness (QED) is 0.628. The Labute approximate surface area is 191 Å². The molecule has 2 heterocycles. The number of anilines is 1. The molecule has 0 atom stereocenters. The molecule has 1 N–H and O–H groups in total. The molecule has 8 nitrogen and oxygen atoms in total. The molecule has 32 heavy (non-hydrogen) atoms. The molecule has 168 valence electrons. The van der Waals surface area contributed by atoms with Gasteiger partial charge in [-0.3, -0.25) is 4.79 Å². The molecule has 0 spiro atoms. The highest BCUT2D eigenvalue weighted by molar-refractivity contribution is 7.16. The number of thiophene rings is 1. The molecule has 1 aromatic carbocycles. The third kappa shape index (κ3) is 5.03. The van der Waals surface area contributed by atoms with Crippen molar-refractivity contribution in [2.24, 2.45) is 0 Å². The number of nitriles is 1. The van der Waals surface area contributed by atoms with E-state index in [4.69, 9.17) is 14.2 Å². The van der Waals surface area contributed by atoms with Gasteiger partial charge in [0.05, 0.1) is 32.4 Å². The highest BCUT2D eigenvalue weighted by Crippen LogP contribution is 2.37. The van der Waals surface area contributed by atoms with Crippen molar-refractivity contribution in [3.63, 3.8) is 0 Å². The molecule has 0 radical (unpaired) electrons. The van der Waals surface area contributed by atoms with Crippen LogP contribution in [0.25, 0.3) is 6.08 Å². The molecule has 3 rings (SSSR count). The number of carbonyl (C=O) groups excluding carboxylic acids is 2. The Morgan fingerprint density at radius 2 is 2.12 bits per heavy atom. The van der Waals surface area contributed by atoms with E-state index in [0.717, 1.165) is 10.4 Å². The predicted molar refractivity (Wildman–Crippen MR) is 122 cm³/mol. The zero-order chi connectivity index (χ0) is 23.1. The first-order valence-corrected chi connectivity index (χ1v) is 11.1. The Bertz CT molecular complexity index is 1070. The number of hydrogen-bond acceptors (Lipinski definition) is 7. The molecule has 2 aromatic rings. The Balaban J connectivity index is 1.77. The summed E-state index contributed by atoms with van der Waals surface area (Å²) in [6.07, 6.45) is 3.20. The molecular formula is C23H25N3O5S. The summed E-state index contributed by atoms with van der Waals surface area (Å²) >= 11 is 1.31. The van der Waals surface area contributed by atoms with Crippen LogP contribution in [0.5, 0.6) is 11.5 Å². The van der Waals surface area contributed by atoms with Crippen molar-refractivity contribution < 1.29 is 23.8 Å². The zero-order valence-corrected chi connectivity index (χ0v) is 19.1. The summed E-state index contributed by atoms with van der Waals surface area (Å²) in [6, 6.07) is 7.62. The maximum atomic E-state index is 12.6. The molecule has 1 aromatic heterocycles. The molecule has 0 saturated carbocycles. The van der Waals surface area contributed by atoms with Gasteiger partial charge in [0.2, 0.25) is 5.91 Å².